The van der Waals surface area contributed by atoms with Crippen LogP contribution in [-0.4, -0.2) is 75.5 Å². The molecule has 214 valence electrons. The Morgan fingerprint density at radius 2 is 1.90 bits per heavy atom. The maximum Gasteiger partial charge on any atom is 0.324 e. The van der Waals surface area contributed by atoms with Gasteiger partial charge >= 0.3 is 12.0 Å². The molecule has 2 fully saturated rings. The summed E-state index contributed by atoms with van der Waals surface area (Å²) in [5, 5.41) is 13.7. The minimum Gasteiger partial charge on any atom is -0.395 e. The number of nitrogens with zero attached hydrogens (tertiary/aromatic N) is 7. The Morgan fingerprint density at radius 3 is 2.61 bits per heavy atom. The summed E-state index contributed by atoms with van der Waals surface area (Å²) in [6.45, 7) is 2.76. The van der Waals surface area contributed by atoms with E-state index < -0.39 is 17.6 Å². The molecule has 2 amide bonds. The van der Waals surface area contributed by atoms with Crippen molar-refractivity contribution >= 4 is 28.4 Å². The number of carbonyl (C=O) groups is 1. The number of fused-ring (bicyclic) bond motifs is 1. The number of aliphatic hydroxyl groups excluding tert-OH is 1. The molecule has 2 aromatic carbocycles. The Hall–Kier alpha value is -4.26. The van der Waals surface area contributed by atoms with E-state index in [4.69, 9.17) is 9.63 Å². The molecule has 0 radical (unpaired) electrons. The van der Waals surface area contributed by atoms with Crippen LogP contribution in [0.5, 0.6) is 0 Å². The molecule has 0 saturated carbocycles. The van der Waals surface area contributed by atoms with Gasteiger partial charge in [-0.1, -0.05) is 23.4 Å². The molecule has 4 heterocycles. The number of alkyl halides is 2. The van der Waals surface area contributed by atoms with E-state index in [-0.39, 0.29) is 30.8 Å². The van der Waals surface area contributed by atoms with E-state index >= 15 is 4.39 Å². The zero-order valence-corrected chi connectivity index (χ0v) is 22.3. The van der Waals surface area contributed by atoms with Gasteiger partial charge in [0.05, 0.1) is 17.8 Å². The van der Waals surface area contributed by atoms with Crippen molar-refractivity contribution in [2.45, 2.75) is 31.6 Å². The number of carbonyl (C=O) groups excluding carboxylic acids is 1. The SMILES string of the molecule is CC(F)(F)c1nc(C2CCN(c3ncnc4c(-c5ccc(N6CCN(CCO)C6=O)c(F)c5)cccc34)CC2)no1. The third-order valence-corrected chi connectivity index (χ3v) is 7.64. The number of aliphatic hydroxyl groups is 1. The normalized spacial score (nSPS) is 16.8. The van der Waals surface area contributed by atoms with E-state index in [1.54, 1.807) is 12.1 Å². The fraction of sp³-hybridized carbons (Fsp3) is 0.393. The molecule has 0 unspecified atom stereocenters. The number of piperidine rings is 1. The van der Waals surface area contributed by atoms with Crippen molar-refractivity contribution in [2.24, 2.45) is 0 Å². The highest BCUT2D eigenvalue weighted by Crippen LogP contribution is 2.36. The summed E-state index contributed by atoms with van der Waals surface area (Å²) in [5.74, 6) is -3.47. The predicted molar refractivity (Wildman–Crippen MR) is 144 cm³/mol. The summed E-state index contributed by atoms with van der Waals surface area (Å²) >= 11 is 0. The monoisotopic (exact) mass is 567 g/mol. The smallest absolute Gasteiger partial charge is 0.324 e. The second kappa shape index (κ2) is 10.6. The summed E-state index contributed by atoms with van der Waals surface area (Å²) in [6, 6.07) is 10.1. The number of urea groups is 1. The van der Waals surface area contributed by atoms with Gasteiger partial charge in [-0.3, -0.25) is 4.90 Å². The van der Waals surface area contributed by atoms with Crippen molar-refractivity contribution in [1.29, 1.82) is 0 Å². The molecule has 10 nitrogen and oxygen atoms in total. The van der Waals surface area contributed by atoms with Crippen LogP contribution < -0.4 is 9.80 Å². The van der Waals surface area contributed by atoms with Crippen LogP contribution in [0.4, 0.5) is 29.5 Å². The van der Waals surface area contributed by atoms with Gasteiger partial charge in [-0.15, -0.1) is 0 Å². The number of hydrogen-bond acceptors (Lipinski definition) is 8. The van der Waals surface area contributed by atoms with Crippen molar-refractivity contribution in [3.05, 3.63) is 60.3 Å². The first-order valence-corrected chi connectivity index (χ1v) is 13.4. The predicted octanol–water partition coefficient (Wildman–Crippen LogP) is 4.55. The zero-order valence-electron chi connectivity index (χ0n) is 22.3. The molecule has 0 aliphatic carbocycles. The van der Waals surface area contributed by atoms with E-state index in [0.717, 1.165) is 23.7 Å². The lowest BCUT2D eigenvalue weighted by molar-refractivity contribution is -0.0158. The molecule has 2 aliphatic rings. The van der Waals surface area contributed by atoms with Crippen LogP contribution in [-0.2, 0) is 5.92 Å². The molecule has 0 spiro atoms. The van der Waals surface area contributed by atoms with E-state index in [1.807, 2.05) is 18.2 Å². The Morgan fingerprint density at radius 1 is 1.10 bits per heavy atom. The van der Waals surface area contributed by atoms with Crippen molar-refractivity contribution < 1.29 is 27.6 Å². The highest BCUT2D eigenvalue weighted by atomic mass is 19.3. The number of anilines is 2. The molecule has 0 bridgehead atoms. The fourth-order valence-corrected chi connectivity index (χ4v) is 5.51. The number of aromatic nitrogens is 4. The highest BCUT2D eigenvalue weighted by Gasteiger charge is 2.35. The number of amides is 2. The van der Waals surface area contributed by atoms with Gasteiger partial charge in [0, 0.05) is 56.5 Å². The molecule has 2 saturated heterocycles. The number of benzene rings is 2. The van der Waals surface area contributed by atoms with Gasteiger partial charge in [0.1, 0.15) is 18.0 Å². The van der Waals surface area contributed by atoms with Crippen LogP contribution in [0.25, 0.3) is 22.0 Å². The fourth-order valence-electron chi connectivity index (χ4n) is 5.51. The third kappa shape index (κ3) is 5.05. The van der Waals surface area contributed by atoms with Crippen LogP contribution in [0.3, 0.4) is 0 Å². The van der Waals surface area contributed by atoms with Gasteiger partial charge in [-0.05, 0) is 36.6 Å². The molecule has 4 aromatic rings. The average molecular weight is 568 g/mol. The maximum atomic E-state index is 15.3. The lowest BCUT2D eigenvalue weighted by Gasteiger charge is -2.32. The number of para-hydroxylation sites is 1. The first kappa shape index (κ1) is 26.9. The van der Waals surface area contributed by atoms with E-state index in [9.17, 15) is 13.6 Å². The third-order valence-electron chi connectivity index (χ3n) is 7.64. The molecule has 2 aliphatic heterocycles. The Labute approximate surface area is 233 Å². The van der Waals surface area contributed by atoms with E-state index in [0.29, 0.717) is 55.9 Å². The largest absolute Gasteiger partial charge is 0.395 e. The highest BCUT2D eigenvalue weighted by molar-refractivity contribution is 6.00. The molecular formula is C28H28F3N7O3. The number of halogens is 3. The second-order valence-corrected chi connectivity index (χ2v) is 10.3. The van der Waals surface area contributed by atoms with Crippen LogP contribution in [0.2, 0.25) is 0 Å². The zero-order chi connectivity index (χ0) is 28.7. The Bertz CT molecular complexity index is 1580. The molecule has 13 heteroatoms. The van der Waals surface area contributed by atoms with Gasteiger partial charge in [0.2, 0.25) is 0 Å². The number of β-amino-alcohol motifs (C(OH)–C–C–N with tert-alkyl or cyclic N) is 1. The van der Waals surface area contributed by atoms with Crippen molar-refractivity contribution in [1.82, 2.24) is 25.0 Å². The molecular weight excluding hydrogens is 539 g/mol. The van der Waals surface area contributed by atoms with Crippen LogP contribution in [0.1, 0.15) is 37.4 Å². The van der Waals surface area contributed by atoms with Gasteiger partial charge < -0.3 is 19.4 Å². The number of hydrogen-bond donors (Lipinski definition) is 1. The van der Waals surface area contributed by atoms with Crippen molar-refractivity contribution in [2.75, 3.05) is 49.1 Å². The minimum atomic E-state index is -3.18. The Balaban J connectivity index is 1.23. The van der Waals surface area contributed by atoms with Gasteiger partial charge in [-0.2, -0.15) is 13.8 Å². The first-order chi connectivity index (χ1) is 19.7. The topological polar surface area (TPSA) is 112 Å². The summed E-state index contributed by atoms with van der Waals surface area (Å²) in [7, 11) is 0. The lowest BCUT2D eigenvalue weighted by Crippen LogP contribution is -2.34. The second-order valence-electron chi connectivity index (χ2n) is 10.3. The Kier molecular flexibility index (Phi) is 6.98. The van der Waals surface area contributed by atoms with Crippen molar-refractivity contribution in [3.63, 3.8) is 0 Å². The van der Waals surface area contributed by atoms with E-state index in [2.05, 4.69) is 25.0 Å². The average Bonchev–Trinajstić information content (AvgIpc) is 3.61. The summed E-state index contributed by atoms with van der Waals surface area (Å²) in [4.78, 5) is 30.6. The molecule has 2 aromatic heterocycles. The first-order valence-electron chi connectivity index (χ1n) is 13.4. The molecule has 0 atom stereocenters. The molecule has 6 rings (SSSR count). The van der Waals surface area contributed by atoms with Gasteiger partial charge in [-0.25, -0.2) is 19.2 Å². The van der Waals surface area contributed by atoms with Crippen LogP contribution in [0, 0.1) is 5.82 Å². The van der Waals surface area contributed by atoms with Crippen molar-refractivity contribution in [3.8, 4) is 11.1 Å². The standard InChI is InChI=1S/C28H28F3N7O3/c1-28(30,31)26-34-24(35-41-26)17-7-9-36(10-8-17)25-20-4-2-3-19(23(20)32-16-33-25)18-5-6-22(21(29)15-18)38-12-11-37(13-14-39)27(38)40/h2-6,15-17,39H,7-14H2,1H3. The molecule has 41 heavy (non-hydrogen) atoms. The summed E-state index contributed by atoms with van der Waals surface area (Å²) in [5.41, 5.74) is 2.18. The van der Waals surface area contributed by atoms with E-state index in [1.165, 1.54) is 22.2 Å². The van der Waals surface area contributed by atoms with Gasteiger partial charge in [0.25, 0.3) is 5.89 Å². The minimum absolute atomic E-state index is 0.102. The lowest BCUT2D eigenvalue weighted by atomic mass is 9.95. The maximum absolute atomic E-state index is 15.3. The summed E-state index contributed by atoms with van der Waals surface area (Å²) < 4.78 is 47.1. The summed E-state index contributed by atoms with van der Waals surface area (Å²) in [6.07, 6.45) is 2.75. The molecule has 1 N–H and O–H groups in total. The van der Waals surface area contributed by atoms with Crippen LogP contribution >= 0.6 is 0 Å². The van der Waals surface area contributed by atoms with Crippen LogP contribution in [0.15, 0.2) is 47.2 Å². The van der Waals surface area contributed by atoms with Gasteiger partial charge in [0.15, 0.2) is 5.82 Å². The number of rotatable bonds is 7. The quantitative estimate of drug-likeness (QED) is 0.346.